The molecule has 0 bridgehead atoms. The average Bonchev–Trinajstić information content (AvgIpc) is 2.96. The van der Waals surface area contributed by atoms with Crippen LogP contribution in [0.3, 0.4) is 0 Å². The van der Waals surface area contributed by atoms with Crippen LogP contribution in [0.2, 0.25) is 0 Å². The molecule has 2 rings (SSSR count). The van der Waals surface area contributed by atoms with Gasteiger partial charge >= 0.3 is 0 Å². The predicted octanol–water partition coefficient (Wildman–Crippen LogP) is 1.64. The summed E-state index contributed by atoms with van der Waals surface area (Å²) in [6, 6.07) is 5.88. The minimum absolute atomic E-state index is 0.0603. The molecule has 6 nitrogen and oxygen atoms in total. The van der Waals surface area contributed by atoms with Crippen molar-refractivity contribution in [3.63, 3.8) is 0 Å². The second-order valence-electron chi connectivity index (χ2n) is 6.52. The number of carbonyl (C=O) groups excluding carboxylic acids is 1. The molecule has 122 valence electrons. The van der Waals surface area contributed by atoms with Crippen LogP contribution in [0.25, 0.3) is 0 Å². The lowest BCUT2D eigenvalue weighted by molar-refractivity contribution is -0.132. The molecule has 1 aromatic carbocycles. The number of amides is 1. The number of nitrogens with one attached hydrogen (secondary N) is 1. The largest absolute Gasteiger partial charge is 0.289 e. The maximum Gasteiger partial charge on any atom is 0.261 e. The van der Waals surface area contributed by atoms with Gasteiger partial charge in [0.15, 0.2) is 0 Å². The number of sulfonamides is 1. The van der Waals surface area contributed by atoms with Gasteiger partial charge in [0.2, 0.25) is 10.0 Å². The molecular weight excluding hydrogens is 304 g/mol. The smallest absolute Gasteiger partial charge is 0.261 e. The quantitative estimate of drug-likeness (QED) is 0.653. The monoisotopic (exact) mass is 326 g/mol. The standard InChI is InChI=1S/C15H22N2O4S/c1-15(2,3)11-6-8-12(9-7-11)22(20,21)17-10-4-5-13(17)14(18)16-19/h6-9,13,19H,4-5,10H2,1-3H3,(H,16,18). The van der Waals surface area contributed by atoms with Crippen molar-refractivity contribution in [2.24, 2.45) is 0 Å². The van der Waals surface area contributed by atoms with Gasteiger partial charge in [0.1, 0.15) is 6.04 Å². The number of carbonyl (C=O) groups is 1. The summed E-state index contributed by atoms with van der Waals surface area (Å²) in [5.74, 6) is -0.688. The van der Waals surface area contributed by atoms with Crippen molar-refractivity contribution in [1.82, 2.24) is 9.79 Å². The molecule has 0 saturated carbocycles. The Bertz CT molecular complexity index is 647. The van der Waals surface area contributed by atoms with Crippen molar-refractivity contribution < 1.29 is 18.4 Å². The molecule has 2 N–H and O–H groups in total. The number of hydroxylamine groups is 1. The van der Waals surface area contributed by atoms with Crippen LogP contribution in [0.5, 0.6) is 0 Å². The Kier molecular flexibility index (Phi) is 4.60. The van der Waals surface area contributed by atoms with Crippen LogP contribution < -0.4 is 5.48 Å². The lowest BCUT2D eigenvalue weighted by atomic mass is 9.87. The zero-order valence-corrected chi connectivity index (χ0v) is 13.9. The first-order chi connectivity index (χ1) is 10.2. The molecular formula is C15H22N2O4S. The van der Waals surface area contributed by atoms with Gasteiger partial charge in [0.25, 0.3) is 5.91 Å². The summed E-state index contributed by atoms with van der Waals surface area (Å²) in [7, 11) is -3.74. The summed E-state index contributed by atoms with van der Waals surface area (Å²) in [5.41, 5.74) is 2.52. The Labute approximate surface area is 131 Å². The highest BCUT2D eigenvalue weighted by Gasteiger charge is 2.39. The maximum absolute atomic E-state index is 12.7. The average molecular weight is 326 g/mol. The van der Waals surface area contributed by atoms with E-state index in [1.807, 2.05) is 0 Å². The van der Waals surface area contributed by atoms with E-state index in [1.54, 1.807) is 29.7 Å². The third-order valence-corrected chi connectivity index (χ3v) is 5.87. The lowest BCUT2D eigenvalue weighted by Gasteiger charge is -2.23. The summed E-state index contributed by atoms with van der Waals surface area (Å²) >= 11 is 0. The van der Waals surface area contributed by atoms with Gasteiger partial charge < -0.3 is 0 Å². The first-order valence-corrected chi connectivity index (χ1v) is 8.68. The topological polar surface area (TPSA) is 86.7 Å². The molecule has 7 heteroatoms. The number of nitrogens with zero attached hydrogens (tertiary/aromatic N) is 1. The van der Waals surface area contributed by atoms with Gasteiger partial charge in [0.05, 0.1) is 4.90 Å². The SMILES string of the molecule is CC(C)(C)c1ccc(S(=O)(=O)N2CCCC2C(=O)NO)cc1. The van der Waals surface area contributed by atoms with Crippen LogP contribution in [0.15, 0.2) is 29.2 Å². The zero-order valence-electron chi connectivity index (χ0n) is 13.0. The maximum atomic E-state index is 12.7. The Morgan fingerprint density at radius 1 is 1.27 bits per heavy atom. The van der Waals surface area contributed by atoms with E-state index >= 15 is 0 Å². The van der Waals surface area contributed by atoms with E-state index in [2.05, 4.69) is 20.8 Å². The van der Waals surface area contributed by atoms with E-state index in [0.29, 0.717) is 12.8 Å². The van der Waals surface area contributed by atoms with Gasteiger partial charge in [-0.25, -0.2) is 13.9 Å². The van der Waals surface area contributed by atoms with Crippen LogP contribution in [-0.4, -0.2) is 36.4 Å². The van der Waals surface area contributed by atoms with Crippen molar-refractivity contribution >= 4 is 15.9 Å². The van der Waals surface area contributed by atoms with Crippen molar-refractivity contribution in [2.75, 3.05) is 6.54 Å². The summed E-state index contributed by atoms with van der Waals surface area (Å²) in [4.78, 5) is 11.8. The van der Waals surface area contributed by atoms with Crippen molar-refractivity contribution in [1.29, 1.82) is 0 Å². The Balaban J connectivity index is 2.32. The minimum Gasteiger partial charge on any atom is -0.289 e. The van der Waals surface area contributed by atoms with Crippen LogP contribution in [-0.2, 0) is 20.2 Å². The highest BCUT2D eigenvalue weighted by molar-refractivity contribution is 7.89. The van der Waals surface area contributed by atoms with E-state index in [1.165, 1.54) is 0 Å². The van der Waals surface area contributed by atoms with Crippen LogP contribution in [0.4, 0.5) is 0 Å². The highest BCUT2D eigenvalue weighted by atomic mass is 32.2. The zero-order chi connectivity index (χ0) is 16.5. The van der Waals surface area contributed by atoms with Crippen molar-refractivity contribution in [3.8, 4) is 0 Å². The molecule has 1 atom stereocenters. The third kappa shape index (κ3) is 3.16. The Hall–Kier alpha value is -1.44. The van der Waals surface area contributed by atoms with E-state index < -0.39 is 22.0 Å². The van der Waals surface area contributed by atoms with Crippen molar-refractivity contribution in [3.05, 3.63) is 29.8 Å². The van der Waals surface area contributed by atoms with E-state index in [9.17, 15) is 13.2 Å². The first-order valence-electron chi connectivity index (χ1n) is 7.24. The molecule has 0 aromatic heterocycles. The molecule has 1 aliphatic rings. The van der Waals surface area contributed by atoms with Crippen LogP contribution >= 0.6 is 0 Å². The van der Waals surface area contributed by atoms with Crippen molar-refractivity contribution in [2.45, 2.75) is 50.0 Å². The van der Waals surface area contributed by atoms with Gasteiger partial charge in [-0.1, -0.05) is 32.9 Å². The van der Waals surface area contributed by atoms with Gasteiger partial charge in [-0.3, -0.25) is 10.0 Å². The van der Waals surface area contributed by atoms with Gasteiger partial charge in [0, 0.05) is 6.54 Å². The molecule has 1 heterocycles. The normalized spacial score (nSPS) is 20.1. The molecule has 1 unspecified atom stereocenters. The number of hydrogen-bond donors (Lipinski definition) is 2. The highest BCUT2D eigenvalue weighted by Crippen LogP contribution is 2.28. The van der Waals surface area contributed by atoms with Gasteiger partial charge in [-0.2, -0.15) is 4.31 Å². The van der Waals surface area contributed by atoms with E-state index in [-0.39, 0.29) is 16.9 Å². The van der Waals surface area contributed by atoms with Crippen LogP contribution in [0.1, 0.15) is 39.2 Å². The molecule has 1 saturated heterocycles. The molecule has 0 aliphatic carbocycles. The third-order valence-electron chi connectivity index (χ3n) is 3.94. The predicted molar refractivity (Wildman–Crippen MR) is 82.0 cm³/mol. The summed E-state index contributed by atoms with van der Waals surface area (Å²) in [5, 5.41) is 8.75. The molecule has 1 aliphatic heterocycles. The molecule has 1 fully saturated rings. The number of hydrogen-bond acceptors (Lipinski definition) is 4. The Morgan fingerprint density at radius 2 is 1.86 bits per heavy atom. The fraction of sp³-hybridized carbons (Fsp3) is 0.533. The summed E-state index contributed by atoms with van der Waals surface area (Å²) in [6.07, 6.45) is 1.00. The van der Waals surface area contributed by atoms with E-state index in [4.69, 9.17) is 5.21 Å². The fourth-order valence-electron chi connectivity index (χ4n) is 2.63. The number of rotatable bonds is 3. The summed E-state index contributed by atoms with van der Waals surface area (Å²) in [6.45, 7) is 6.44. The Morgan fingerprint density at radius 3 is 2.36 bits per heavy atom. The second kappa shape index (κ2) is 5.98. The number of benzene rings is 1. The first kappa shape index (κ1) is 16.9. The van der Waals surface area contributed by atoms with E-state index in [0.717, 1.165) is 9.87 Å². The fourth-order valence-corrected chi connectivity index (χ4v) is 4.28. The van der Waals surface area contributed by atoms with Crippen LogP contribution in [0, 0.1) is 0 Å². The minimum atomic E-state index is -3.74. The molecule has 22 heavy (non-hydrogen) atoms. The van der Waals surface area contributed by atoms with Gasteiger partial charge in [-0.15, -0.1) is 0 Å². The molecule has 0 radical (unpaired) electrons. The molecule has 0 spiro atoms. The lowest BCUT2D eigenvalue weighted by Crippen LogP contribution is -2.44. The van der Waals surface area contributed by atoms with Gasteiger partial charge in [-0.05, 0) is 36.0 Å². The molecule has 1 aromatic rings. The molecule has 1 amide bonds. The summed E-state index contributed by atoms with van der Waals surface area (Å²) < 4.78 is 26.5. The second-order valence-corrected chi connectivity index (χ2v) is 8.41.